The zero-order valence-electron chi connectivity index (χ0n) is 9.95. The summed E-state index contributed by atoms with van der Waals surface area (Å²) in [7, 11) is 0. The molecule has 0 bridgehead atoms. The van der Waals surface area contributed by atoms with Crippen molar-refractivity contribution < 1.29 is 14.6 Å². The molecule has 1 fully saturated rings. The number of halogens is 2. The maximum Gasteiger partial charge on any atom is 0.315 e. The average molecular weight is 289 g/mol. The molecule has 1 unspecified atom stereocenters. The van der Waals surface area contributed by atoms with Gasteiger partial charge in [0.15, 0.2) is 0 Å². The fraction of sp³-hybridized carbons (Fsp3) is 0.462. The Balaban J connectivity index is 2.26. The summed E-state index contributed by atoms with van der Waals surface area (Å²) < 4.78 is 5.01. The minimum Gasteiger partial charge on any atom is -0.465 e. The summed E-state index contributed by atoms with van der Waals surface area (Å²) in [6.07, 6.45) is 0.291. The van der Waals surface area contributed by atoms with Crippen molar-refractivity contribution in [3.63, 3.8) is 0 Å². The molecule has 1 aromatic rings. The first kappa shape index (κ1) is 13.7. The minimum atomic E-state index is -0.943. The highest BCUT2D eigenvalue weighted by Crippen LogP contribution is 2.56. The Morgan fingerprint density at radius 1 is 1.50 bits per heavy atom. The van der Waals surface area contributed by atoms with E-state index in [2.05, 4.69) is 0 Å². The molecule has 1 aromatic carbocycles. The molecule has 1 atom stereocenters. The van der Waals surface area contributed by atoms with Crippen LogP contribution in [0.1, 0.15) is 31.4 Å². The zero-order valence-corrected chi connectivity index (χ0v) is 11.5. The van der Waals surface area contributed by atoms with Gasteiger partial charge in [-0.15, -0.1) is 0 Å². The first-order valence-corrected chi connectivity index (χ1v) is 6.57. The fourth-order valence-corrected chi connectivity index (χ4v) is 2.53. The molecule has 1 aliphatic carbocycles. The van der Waals surface area contributed by atoms with Crippen molar-refractivity contribution in [1.29, 1.82) is 0 Å². The van der Waals surface area contributed by atoms with Crippen molar-refractivity contribution in [3.8, 4) is 0 Å². The molecule has 0 saturated heterocycles. The lowest BCUT2D eigenvalue weighted by molar-refractivity contribution is -0.154. The van der Waals surface area contributed by atoms with Crippen LogP contribution in [0.2, 0.25) is 10.0 Å². The van der Waals surface area contributed by atoms with Crippen LogP contribution in [-0.4, -0.2) is 17.7 Å². The molecule has 0 amide bonds. The van der Waals surface area contributed by atoms with Gasteiger partial charge in [0.2, 0.25) is 0 Å². The van der Waals surface area contributed by atoms with Crippen LogP contribution in [-0.2, 0) is 9.53 Å². The van der Waals surface area contributed by atoms with Gasteiger partial charge >= 0.3 is 5.97 Å². The van der Waals surface area contributed by atoms with E-state index in [9.17, 15) is 9.90 Å². The van der Waals surface area contributed by atoms with E-state index in [0.29, 0.717) is 35.1 Å². The van der Waals surface area contributed by atoms with Crippen LogP contribution >= 0.6 is 23.2 Å². The molecule has 0 aliphatic heterocycles. The Hall–Kier alpha value is -0.770. The molecule has 0 heterocycles. The van der Waals surface area contributed by atoms with Gasteiger partial charge in [-0.05, 0) is 31.9 Å². The molecule has 98 valence electrons. The summed E-state index contributed by atoms with van der Waals surface area (Å²) in [5.74, 6) is -0.358. The first-order chi connectivity index (χ1) is 8.51. The molecule has 3 nitrogen and oxygen atoms in total. The van der Waals surface area contributed by atoms with Gasteiger partial charge in [0.1, 0.15) is 0 Å². The lowest BCUT2D eigenvalue weighted by Crippen LogP contribution is -2.26. The van der Waals surface area contributed by atoms with Gasteiger partial charge in [0, 0.05) is 15.6 Å². The second kappa shape index (κ2) is 5.08. The quantitative estimate of drug-likeness (QED) is 0.864. The minimum absolute atomic E-state index is 0.307. The van der Waals surface area contributed by atoms with Crippen molar-refractivity contribution in [1.82, 2.24) is 0 Å². The van der Waals surface area contributed by atoms with Crippen LogP contribution < -0.4 is 0 Å². The molecule has 2 rings (SSSR count). The second-order valence-corrected chi connectivity index (χ2v) is 5.29. The van der Waals surface area contributed by atoms with Crippen molar-refractivity contribution in [2.45, 2.75) is 25.9 Å². The van der Waals surface area contributed by atoms with Crippen molar-refractivity contribution in [2.75, 3.05) is 6.61 Å². The number of aliphatic hydroxyl groups excluding tert-OH is 1. The van der Waals surface area contributed by atoms with Crippen LogP contribution in [0.15, 0.2) is 18.2 Å². The Kier molecular flexibility index (Phi) is 3.85. The predicted octanol–water partition coefficient (Wildman–Crippen LogP) is 3.37. The molecule has 1 saturated carbocycles. The van der Waals surface area contributed by atoms with E-state index >= 15 is 0 Å². The highest BCUT2D eigenvalue weighted by Gasteiger charge is 2.57. The molecule has 0 aromatic heterocycles. The number of ether oxygens (including phenoxy) is 1. The summed E-state index contributed by atoms with van der Waals surface area (Å²) in [5, 5.41) is 11.2. The first-order valence-electron chi connectivity index (χ1n) is 5.81. The maximum absolute atomic E-state index is 11.9. The Bertz CT molecular complexity index is 469. The predicted molar refractivity (Wildman–Crippen MR) is 69.7 cm³/mol. The lowest BCUT2D eigenvalue weighted by Gasteiger charge is -2.21. The fourth-order valence-electron chi connectivity index (χ4n) is 2.02. The number of aliphatic hydroxyl groups is 1. The van der Waals surface area contributed by atoms with Gasteiger partial charge < -0.3 is 9.84 Å². The van der Waals surface area contributed by atoms with Crippen LogP contribution in [0.25, 0.3) is 0 Å². The van der Waals surface area contributed by atoms with E-state index in [1.54, 1.807) is 25.1 Å². The molecule has 0 spiro atoms. The number of rotatable bonds is 4. The molecular formula is C13H14Cl2O3. The van der Waals surface area contributed by atoms with Crippen LogP contribution in [0, 0.1) is 5.41 Å². The van der Waals surface area contributed by atoms with Crippen LogP contribution in [0.4, 0.5) is 0 Å². The molecule has 5 heteroatoms. The van der Waals surface area contributed by atoms with Gasteiger partial charge in [-0.2, -0.15) is 0 Å². The molecule has 1 N–H and O–H groups in total. The third-order valence-electron chi connectivity index (χ3n) is 3.25. The maximum atomic E-state index is 11.9. The number of hydrogen-bond acceptors (Lipinski definition) is 3. The topological polar surface area (TPSA) is 46.5 Å². The summed E-state index contributed by atoms with van der Waals surface area (Å²) in [6, 6.07) is 4.85. The summed E-state index contributed by atoms with van der Waals surface area (Å²) in [4.78, 5) is 11.9. The van der Waals surface area contributed by atoms with Gasteiger partial charge in [-0.1, -0.05) is 29.3 Å². The van der Waals surface area contributed by atoms with Gasteiger partial charge in [-0.25, -0.2) is 0 Å². The highest BCUT2D eigenvalue weighted by molar-refractivity contribution is 6.35. The summed E-state index contributed by atoms with van der Waals surface area (Å²) in [6.45, 7) is 2.05. The number of hydrogen-bond donors (Lipinski definition) is 1. The number of benzene rings is 1. The van der Waals surface area contributed by atoms with E-state index in [4.69, 9.17) is 27.9 Å². The average Bonchev–Trinajstić information content (AvgIpc) is 3.09. The van der Waals surface area contributed by atoms with Crippen LogP contribution in [0.3, 0.4) is 0 Å². The van der Waals surface area contributed by atoms with Crippen LogP contribution in [0.5, 0.6) is 0 Å². The third kappa shape index (κ3) is 2.35. The Labute approximate surface area is 116 Å². The number of carbonyl (C=O) groups is 1. The SMILES string of the molecule is CCOC(=O)C1(C(O)c2ccc(Cl)cc2Cl)CC1. The molecule has 18 heavy (non-hydrogen) atoms. The van der Waals surface area contributed by atoms with E-state index < -0.39 is 11.5 Å². The standard InChI is InChI=1S/C13H14Cl2O3/c1-2-18-12(17)13(5-6-13)11(16)9-4-3-8(14)7-10(9)15/h3-4,7,11,16H,2,5-6H2,1H3. The molecule has 1 aliphatic rings. The van der Waals surface area contributed by atoms with Gasteiger partial charge in [0.05, 0.1) is 18.1 Å². The van der Waals surface area contributed by atoms with E-state index in [0.717, 1.165) is 0 Å². The monoisotopic (exact) mass is 288 g/mol. The van der Waals surface area contributed by atoms with E-state index in [-0.39, 0.29) is 5.97 Å². The Morgan fingerprint density at radius 2 is 2.17 bits per heavy atom. The normalized spacial score (nSPS) is 18.2. The van der Waals surface area contributed by atoms with Crippen molar-refractivity contribution in [2.24, 2.45) is 5.41 Å². The smallest absolute Gasteiger partial charge is 0.315 e. The van der Waals surface area contributed by atoms with Gasteiger partial charge in [0.25, 0.3) is 0 Å². The highest BCUT2D eigenvalue weighted by atomic mass is 35.5. The van der Waals surface area contributed by atoms with Crippen molar-refractivity contribution >= 4 is 29.2 Å². The van der Waals surface area contributed by atoms with E-state index in [1.165, 1.54) is 0 Å². The number of esters is 1. The second-order valence-electron chi connectivity index (χ2n) is 4.44. The molecular weight excluding hydrogens is 275 g/mol. The zero-order chi connectivity index (χ0) is 13.3. The molecule has 0 radical (unpaired) electrons. The van der Waals surface area contributed by atoms with Gasteiger partial charge in [-0.3, -0.25) is 4.79 Å². The van der Waals surface area contributed by atoms with Crippen molar-refractivity contribution in [3.05, 3.63) is 33.8 Å². The Morgan fingerprint density at radius 3 is 2.67 bits per heavy atom. The lowest BCUT2D eigenvalue weighted by atomic mass is 9.93. The number of carbonyl (C=O) groups excluding carboxylic acids is 1. The largest absolute Gasteiger partial charge is 0.465 e. The third-order valence-corrected chi connectivity index (χ3v) is 3.81. The summed E-state index contributed by atoms with van der Waals surface area (Å²) >= 11 is 11.8. The van der Waals surface area contributed by atoms with E-state index in [1.807, 2.05) is 0 Å². The summed E-state index contributed by atoms with van der Waals surface area (Å²) in [5.41, 5.74) is -0.306.